The van der Waals surface area contributed by atoms with E-state index in [1.54, 1.807) is 30.3 Å². The van der Waals surface area contributed by atoms with E-state index in [4.69, 9.17) is 28.4 Å². The van der Waals surface area contributed by atoms with Gasteiger partial charge < -0.3 is 33.5 Å². The fraction of sp³-hybridized carbons (Fsp3) is 0.444. The summed E-state index contributed by atoms with van der Waals surface area (Å²) in [5.74, 6) is 0.424. The van der Waals surface area contributed by atoms with E-state index < -0.39 is 11.8 Å². The average Bonchev–Trinajstić information content (AvgIpc) is 3.46. The molecule has 0 amide bonds. The van der Waals surface area contributed by atoms with E-state index in [0.717, 1.165) is 25.7 Å². The number of fused-ring (bicyclic) bond motifs is 2. The Morgan fingerprint density at radius 1 is 0.971 bits per heavy atom. The summed E-state index contributed by atoms with van der Waals surface area (Å²) >= 11 is 0. The molecule has 8 heteroatoms. The molecule has 0 spiro atoms. The van der Waals surface area contributed by atoms with Crippen LogP contribution in [-0.4, -0.2) is 38.2 Å². The minimum Gasteiger partial charge on any atom is -0.493 e. The molecule has 8 nitrogen and oxygen atoms in total. The molecule has 0 saturated heterocycles. The molecule has 1 fully saturated rings. The van der Waals surface area contributed by atoms with Crippen LogP contribution in [0.3, 0.4) is 0 Å². The standard InChI is InChI=1S/C27H28O8/c1-30-22-12-17(13-23-25(22)34-15-33-23)24-19(11-16-5-3-2-4-6-16)27(29,35-26(24)28)18-7-8-20-21(14-18)32-10-9-31-20/h7-8,12-14,16,29H,2-6,9-11,15H2,1H3. The van der Waals surface area contributed by atoms with Gasteiger partial charge in [-0.3, -0.25) is 0 Å². The Morgan fingerprint density at radius 3 is 2.57 bits per heavy atom. The second kappa shape index (κ2) is 8.68. The maximum Gasteiger partial charge on any atom is 0.341 e. The molecule has 3 aliphatic heterocycles. The number of rotatable bonds is 5. The Bertz CT molecular complexity index is 1200. The predicted octanol–water partition coefficient (Wildman–Crippen LogP) is 4.32. The van der Waals surface area contributed by atoms with Crippen LogP contribution in [0.4, 0.5) is 0 Å². The molecule has 0 aromatic heterocycles. The Labute approximate surface area is 203 Å². The number of cyclic esters (lactones) is 1. The van der Waals surface area contributed by atoms with Gasteiger partial charge in [0.2, 0.25) is 12.5 Å². The third kappa shape index (κ3) is 3.76. The van der Waals surface area contributed by atoms with Crippen molar-refractivity contribution >= 4 is 11.5 Å². The summed E-state index contributed by atoms with van der Waals surface area (Å²) < 4.78 is 33.8. The number of aliphatic hydroxyl groups is 1. The van der Waals surface area contributed by atoms with Gasteiger partial charge in [-0.1, -0.05) is 32.1 Å². The van der Waals surface area contributed by atoms with Crippen LogP contribution in [0.1, 0.15) is 49.7 Å². The van der Waals surface area contributed by atoms with E-state index in [2.05, 4.69) is 0 Å². The molecule has 3 heterocycles. The van der Waals surface area contributed by atoms with Crippen LogP contribution < -0.4 is 23.7 Å². The van der Waals surface area contributed by atoms with Gasteiger partial charge in [0.05, 0.1) is 12.7 Å². The highest BCUT2D eigenvalue weighted by Crippen LogP contribution is 2.51. The van der Waals surface area contributed by atoms with Gasteiger partial charge in [0.25, 0.3) is 5.79 Å². The number of carbonyl (C=O) groups excluding carboxylic acids is 1. The number of benzene rings is 2. The number of carbonyl (C=O) groups is 1. The minimum absolute atomic E-state index is 0.0781. The summed E-state index contributed by atoms with van der Waals surface area (Å²) in [6.07, 6.45) is 6.14. The van der Waals surface area contributed by atoms with Crippen molar-refractivity contribution < 1.29 is 38.3 Å². The van der Waals surface area contributed by atoms with E-state index in [1.807, 2.05) is 0 Å². The zero-order valence-electron chi connectivity index (χ0n) is 19.6. The first-order valence-corrected chi connectivity index (χ1v) is 12.1. The Morgan fingerprint density at radius 2 is 1.77 bits per heavy atom. The summed E-state index contributed by atoms with van der Waals surface area (Å²) in [4.78, 5) is 13.4. The molecule has 35 heavy (non-hydrogen) atoms. The van der Waals surface area contributed by atoms with Crippen LogP contribution in [0.15, 0.2) is 35.9 Å². The highest BCUT2D eigenvalue weighted by atomic mass is 16.7. The molecule has 184 valence electrons. The normalized spacial score (nSPS) is 23.4. The third-order valence-electron chi connectivity index (χ3n) is 7.25. The largest absolute Gasteiger partial charge is 0.493 e. The molecule has 0 radical (unpaired) electrons. The smallest absolute Gasteiger partial charge is 0.341 e. The summed E-state index contributed by atoms with van der Waals surface area (Å²) in [5.41, 5.74) is 1.88. The van der Waals surface area contributed by atoms with E-state index in [1.165, 1.54) is 13.5 Å². The average molecular weight is 481 g/mol. The lowest BCUT2D eigenvalue weighted by Crippen LogP contribution is -2.30. The lowest BCUT2D eigenvalue weighted by Gasteiger charge is -2.30. The maximum absolute atomic E-state index is 13.4. The molecular weight excluding hydrogens is 452 g/mol. The summed E-state index contributed by atoms with van der Waals surface area (Å²) in [6.45, 7) is 0.963. The first-order valence-electron chi connectivity index (χ1n) is 12.1. The van der Waals surface area contributed by atoms with Crippen molar-refractivity contribution in [3.8, 4) is 28.7 Å². The molecule has 0 bridgehead atoms. The summed E-state index contributed by atoms with van der Waals surface area (Å²) in [7, 11) is 1.54. The minimum atomic E-state index is -1.91. The molecule has 1 saturated carbocycles. The maximum atomic E-state index is 13.4. The van der Waals surface area contributed by atoms with Gasteiger partial charge in [-0.2, -0.15) is 0 Å². The lowest BCUT2D eigenvalue weighted by atomic mass is 9.80. The molecule has 2 aromatic carbocycles. The van der Waals surface area contributed by atoms with Crippen LogP contribution in [0, 0.1) is 5.92 Å². The van der Waals surface area contributed by atoms with E-state index >= 15 is 0 Å². The number of methoxy groups -OCH3 is 1. The molecule has 6 rings (SSSR count). The quantitative estimate of drug-likeness (QED) is 0.633. The zero-order chi connectivity index (χ0) is 24.0. The van der Waals surface area contributed by atoms with Crippen LogP contribution in [0.25, 0.3) is 5.57 Å². The fourth-order valence-corrected chi connectivity index (χ4v) is 5.51. The third-order valence-corrected chi connectivity index (χ3v) is 7.25. The second-order valence-corrected chi connectivity index (χ2v) is 9.37. The van der Waals surface area contributed by atoms with Crippen LogP contribution in [-0.2, 0) is 15.3 Å². The van der Waals surface area contributed by atoms with E-state index in [-0.39, 0.29) is 6.79 Å². The van der Waals surface area contributed by atoms with Gasteiger partial charge in [-0.05, 0) is 48.2 Å². The zero-order valence-corrected chi connectivity index (χ0v) is 19.6. The van der Waals surface area contributed by atoms with E-state index in [0.29, 0.717) is 76.6 Å². The molecule has 1 N–H and O–H groups in total. The molecular formula is C27H28O8. The SMILES string of the molecule is COc1cc(C2=C(CC3CCCCC3)C(O)(c3ccc4c(c3)OCCO4)OC2=O)cc2c1OCO2. The van der Waals surface area contributed by atoms with Gasteiger partial charge in [0.1, 0.15) is 13.2 Å². The van der Waals surface area contributed by atoms with Crippen molar-refractivity contribution in [2.24, 2.45) is 5.92 Å². The Hall–Kier alpha value is -3.39. The van der Waals surface area contributed by atoms with E-state index in [9.17, 15) is 9.90 Å². The predicted molar refractivity (Wildman–Crippen MR) is 125 cm³/mol. The van der Waals surface area contributed by atoms with Crippen molar-refractivity contribution in [3.05, 3.63) is 47.0 Å². The Kier molecular flexibility index (Phi) is 5.48. The second-order valence-electron chi connectivity index (χ2n) is 9.37. The number of esters is 1. The lowest BCUT2D eigenvalue weighted by molar-refractivity contribution is -0.185. The molecule has 4 aliphatic rings. The topological polar surface area (TPSA) is 92.7 Å². The number of ether oxygens (including phenoxy) is 6. The van der Waals surface area contributed by atoms with Gasteiger partial charge >= 0.3 is 5.97 Å². The van der Waals surface area contributed by atoms with Crippen LogP contribution in [0.5, 0.6) is 28.7 Å². The van der Waals surface area contributed by atoms with Crippen LogP contribution >= 0.6 is 0 Å². The van der Waals surface area contributed by atoms with Gasteiger partial charge in [0.15, 0.2) is 23.0 Å². The van der Waals surface area contributed by atoms with Gasteiger partial charge in [-0.15, -0.1) is 0 Å². The Balaban J connectivity index is 1.49. The first-order chi connectivity index (χ1) is 17.1. The number of hydrogen-bond donors (Lipinski definition) is 1. The summed E-state index contributed by atoms with van der Waals surface area (Å²) in [5, 5.41) is 12.0. The summed E-state index contributed by atoms with van der Waals surface area (Å²) in [6, 6.07) is 8.66. The van der Waals surface area contributed by atoms with Crippen LogP contribution in [0.2, 0.25) is 0 Å². The van der Waals surface area contributed by atoms with Gasteiger partial charge in [-0.25, -0.2) is 4.79 Å². The molecule has 1 unspecified atom stereocenters. The highest BCUT2D eigenvalue weighted by Gasteiger charge is 2.49. The first kappa shape index (κ1) is 22.1. The van der Waals surface area contributed by atoms with Gasteiger partial charge in [0, 0.05) is 11.1 Å². The highest BCUT2D eigenvalue weighted by molar-refractivity contribution is 6.20. The van der Waals surface area contributed by atoms with Crippen molar-refractivity contribution in [2.75, 3.05) is 27.1 Å². The van der Waals surface area contributed by atoms with Crippen molar-refractivity contribution in [2.45, 2.75) is 44.3 Å². The molecule has 2 aromatic rings. The van der Waals surface area contributed by atoms with Crippen molar-refractivity contribution in [1.82, 2.24) is 0 Å². The monoisotopic (exact) mass is 480 g/mol. The molecule has 1 atom stereocenters. The number of hydrogen-bond acceptors (Lipinski definition) is 8. The van der Waals surface area contributed by atoms with Crippen molar-refractivity contribution in [1.29, 1.82) is 0 Å². The molecule has 1 aliphatic carbocycles. The van der Waals surface area contributed by atoms with Crippen molar-refractivity contribution in [3.63, 3.8) is 0 Å². The fourth-order valence-electron chi connectivity index (χ4n) is 5.51.